The van der Waals surface area contributed by atoms with Gasteiger partial charge in [0.25, 0.3) is 0 Å². The van der Waals surface area contributed by atoms with E-state index >= 15 is 0 Å². The molecule has 1 N–H and O–H groups in total. The standard InChI is InChI=1S/C18H26N2O7S/c1-13(2)27-18(22)12-19-17(21)11-14-4-5-15(25-3)16(10-14)28(23,24)20-6-8-26-9-7-20/h4-5,10,13H,6-9,11-12H2,1-3H3,(H,19,21). The second-order valence-electron chi connectivity index (χ2n) is 6.49. The van der Waals surface area contributed by atoms with E-state index in [0.29, 0.717) is 18.8 Å². The highest BCUT2D eigenvalue weighted by Gasteiger charge is 2.29. The molecule has 0 bridgehead atoms. The number of carbonyl (C=O) groups excluding carboxylic acids is 2. The molecule has 1 aromatic carbocycles. The molecule has 1 fully saturated rings. The topological polar surface area (TPSA) is 111 Å². The van der Waals surface area contributed by atoms with Gasteiger partial charge < -0.3 is 19.5 Å². The molecule has 1 saturated heterocycles. The summed E-state index contributed by atoms with van der Waals surface area (Å²) in [5, 5.41) is 2.47. The van der Waals surface area contributed by atoms with E-state index in [4.69, 9.17) is 14.2 Å². The van der Waals surface area contributed by atoms with E-state index in [-0.39, 0.29) is 42.8 Å². The predicted octanol–water partition coefficient (Wildman–Crippen LogP) is 0.326. The number of nitrogens with zero attached hydrogens (tertiary/aromatic N) is 1. The summed E-state index contributed by atoms with van der Waals surface area (Å²) in [6.45, 7) is 4.36. The van der Waals surface area contributed by atoms with Crippen molar-refractivity contribution in [1.82, 2.24) is 9.62 Å². The summed E-state index contributed by atoms with van der Waals surface area (Å²) in [7, 11) is -2.39. The van der Waals surface area contributed by atoms with E-state index in [1.165, 1.54) is 23.5 Å². The Hall–Kier alpha value is -2.17. The van der Waals surface area contributed by atoms with Gasteiger partial charge in [0.05, 0.1) is 32.8 Å². The molecule has 1 heterocycles. The van der Waals surface area contributed by atoms with Crippen molar-refractivity contribution < 1.29 is 32.2 Å². The van der Waals surface area contributed by atoms with Crippen LogP contribution in [0.15, 0.2) is 23.1 Å². The lowest BCUT2D eigenvalue weighted by atomic mass is 10.1. The zero-order valence-electron chi connectivity index (χ0n) is 16.3. The van der Waals surface area contributed by atoms with Crippen molar-refractivity contribution in [2.45, 2.75) is 31.3 Å². The molecule has 2 rings (SSSR count). The number of nitrogens with one attached hydrogen (secondary N) is 1. The van der Waals surface area contributed by atoms with Gasteiger partial charge in [0.1, 0.15) is 17.2 Å². The minimum Gasteiger partial charge on any atom is -0.495 e. The third kappa shape index (κ3) is 5.91. The van der Waals surface area contributed by atoms with Crippen LogP contribution in [-0.2, 0) is 35.5 Å². The highest BCUT2D eigenvalue weighted by molar-refractivity contribution is 7.89. The van der Waals surface area contributed by atoms with E-state index in [1.807, 2.05) is 0 Å². The van der Waals surface area contributed by atoms with Crippen LogP contribution >= 0.6 is 0 Å². The molecule has 28 heavy (non-hydrogen) atoms. The van der Waals surface area contributed by atoms with Crippen molar-refractivity contribution in [3.05, 3.63) is 23.8 Å². The molecule has 0 aliphatic carbocycles. The zero-order chi connectivity index (χ0) is 20.7. The van der Waals surface area contributed by atoms with Crippen molar-refractivity contribution in [2.75, 3.05) is 40.0 Å². The van der Waals surface area contributed by atoms with Crippen LogP contribution in [0.2, 0.25) is 0 Å². The summed E-state index contributed by atoms with van der Waals surface area (Å²) in [4.78, 5) is 23.6. The Balaban J connectivity index is 2.11. The Labute approximate surface area is 165 Å². The predicted molar refractivity (Wildman–Crippen MR) is 101 cm³/mol. The number of sulfonamides is 1. The summed E-state index contributed by atoms with van der Waals surface area (Å²) in [5.41, 5.74) is 0.488. The number of rotatable bonds is 8. The molecule has 0 unspecified atom stereocenters. The van der Waals surface area contributed by atoms with Crippen LogP contribution in [0.1, 0.15) is 19.4 Å². The van der Waals surface area contributed by atoms with Crippen molar-refractivity contribution in [1.29, 1.82) is 0 Å². The number of amides is 1. The largest absolute Gasteiger partial charge is 0.495 e. The minimum atomic E-state index is -3.78. The van der Waals surface area contributed by atoms with Gasteiger partial charge in [-0.25, -0.2) is 8.42 Å². The van der Waals surface area contributed by atoms with Crippen LogP contribution < -0.4 is 10.1 Å². The number of hydrogen-bond donors (Lipinski definition) is 1. The number of morpholine rings is 1. The van der Waals surface area contributed by atoms with Crippen LogP contribution in [-0.4, -0.2) is 70.7 Å². The number of hydrogen-bond acceptors (Lipinski definition) is 7. The minimum absolute atomic E-state index is 0.00131. The molecule has 1 aliphatic rings. The highest BCUT2D eigenvalue weighted by atomic mass is 32.2. The molecular weight excluding hydrogens is 388 g/mol. The Kier molecular flexibility index (Phi) is 7.78. The Bertz CT molecular complexity index is 802. The van der Waals surface area contributed by atoms with Gasteiger partial charge in [-0.15, -0.1) is 0 Å². The highest BCUT2D eigenvalue weighted by Crippen LogP contribution is 2.28. The van der Waals surface area contributed by atoms with Crippen molar-refractivity contribution in [3.8, 4) is 5.75 Å². The molecule has 0 radical (unpaired) electrons. The fraction of sp³-hybridized carbons (Fsp3) is 0.556. The number of carbonyl (C=O) groups is 2. The Morgan fingerprint density at radius 2 is 1.93 bits per heavy atom. The van der Waals surface area contributed by atoms with E-state index in [9.17, 15) is 18.0 Å². The quantitative estimate of drug-likeness (QED) is 0.610. The van der Waals surface area contributed by atoms with Crippen molar-refractivity contribution >= 4 is 21.9 Å². The maximum Gasteiger partial charge on any atom is 0.325 e. The van der Waals surface area contributed by atoms with Gasteiger partial charge >= 0.3 is 5.97 Å². The number of esters is 1. The van der Waals surface area contributed by atoms with Gasteiger partial charge in [0.2, 0.25) is 15.9 Å². The lowest BCUT2D eigenvalue weighted by molar-refractivity contribution is -0.147. The van der Waals surface area contributed by atoms with E-state index < -0.39 is 21.9 Å². The molecule has 1 aliphatic heterocycles. The smallest absolute Gasteiger partial charge is 0.325 e. The molecular formula is C18H26N2O7S. The molecule has 156 valence electrons. The maximum atomic E-state index is 13.0. The van der Waals surface area contributed by atoms with Gasteiger partial charge in [-0.2, -0.15) is 4.31 Å². The lowest BCUT2D eigenvalue weighted by Crippen LogP contribution is -2.40. The van der Waals surface area contributed by atoms with Gasteiger partial charge in [0.15, 0.2) is 0 Å². The van der Waals surface area contributed by atoms with Crippen LogP contribution in [0.5, 0.6) is 5.75 Å². The average Bonchev–Trinajstić information content (AvgIpc) is 2.66. The first-order valence-electron chi connectivity index (χ1n) is 8.95. The third-order valence-electron chi connectivity index (χ3n) is 3.98. The maximum absolute atomic E-state index is 13.0. The van der Waals surface area contributed by atoms with Crippen molar-refractivity contribution in [2.24, 2.45) is 0 Å². The van der Waals surface area contributed by atoms with Gasteiger partial charge in [-0.05, 0) is 31.5 Å². The fourth-order valence-corrected chi connectivity index (χ4v) is 4.30. The summed E-state index contributed by atoms with van der Waals surface area (Å²) in [5.74, 6) is -0.745. The zero-order valence-corrected chi connectivity index (χ0v) is 17.1. The molecule has 0 spiro atoms. The normalized spacial score (nSPS) is 15.3. The fourth-order valence-electron chi connectivity index (χ4n) is 2.68. The first kappa shape index (κ1) is 22.1. The number of ether oxygens (including phenoxy) is 3. The molecule has 0 atom stereocenters. The molecule has 9 nitrogen and oxygen atoms in total. The Morgan fingerprint density at radius 1 is 1.25 bits per heavy atom. The monoisotopic (exact) mass is 414 g/mol. The summed E-state index contributed by atoms with van der Waals surface area (Å²) >= 11 is 0. The first-order chi connectivity index (χ1) is 13.2. The van der Waals surface area contributed by atoms with Gasteiger partial charge in [0, 0.05) is 13.1 Å². The van der Waals surface area contributed by atoms with Gasteiger partial charge in [-0.3, -0.25) is 9.59 Å². The molecule has 10 heteroatoms. The van der Waals surface area contributed by atoms with Crippen LogP contribution in [0.4, 0.5) is 0 Å². The lowest BCUT2D eigenvalue weighted by Gasteiger charge is -2.26. The van der Waals surface area contributed by atoms with Crippen molar-refractivity contribution in [3.63, 3.8) is 0 Å². The molecule has 0 saturated carbocycles. The van der Waals surface area contributed by atoms with Crippen LogP contribution in [0.3, 0.4) is 0 Å². The molecule has 1 aromatic rings. The average molecular weight is 414 g/mol. The van der Waals surface area contributed by atoms with Crippen LogP contribution in [0, 0.1) is 0 Å². The molecule has 1 amide bonds. The number of methoxy groups -OCH3 is 1. The molecule has 0 aromatic heterocycles. The number of benzene rings is 1. The Morgan fingerprint density at radius 3 is 2.54 bits per heavy atom. The van der Waals surface area contributed by atoms with E-state index in [0.717, 1.165) is 0 Å². The summed E-state index contributed by atoms with van der Waals surface area (Å²) in [6.07, 6.45) is -0.344. The van der Waals surface area contributed by atoms with E-state index in [2.05, 4.69) is 5.32 Å². The van der Waals surface area contributed by atoms with Gasteiger partial charge in [-0.1, -0.05) is 6.07 Å². The van der Waals surface area contributed by atoms with Crippen LogP contribution in [0.25, 0.3) is 0 Å². The second-order valence-corrected chi connectivity index (χ2v) is 8.40. The third-order valence-corrected chi connectivity index (χ3v) is 5.90. The van der Waals surface area contributed by atoms with E-state index in [1.54, 1.807) is 19.9 Å². The first-order valence-corrected chi connectivity index (χ1v) is 10.4. The second kappa shape index (κ2) is 9.85. The summed E-state index contributed by atoms with van der Waals surface area (Å²) in [6, 6.07) is 4.56. The summed E-state index contributed by atoms with van der Waals surface area (Å²) < 4.78 is 42.6. The SMILES string of the molecule is COc1ccc(CC(=O)NCC(=O)OC(C)C)cc1S(=O)(=O)N1CCOCC1.